The minimum atomic E-state index is -0.285. The first-order valence-corrected chi connectivity index (χ1v) is 10.5. The molecule has 1 saturated heterocycles. The second kappa shape index (κ2) is 9.20. The van der Waals surface area contributed by atoms with Crippen LogP contribution in [-0.4, -0.2) is 38.8 Å². The van der Waals surface area contributed by atoms with Crippen molar-refractivity contribution in [1.29, 1.82) is 0 Å². The minimum Gasteiger partial charge on any atom is -0.342 e. The van der Waals surface area contributed by atoms with Gasteiger partial charge in [-0.15, -0.1) is 0 Å². The summed E-state index contributed by atoms with van der Waals surface area (Å²) in [5.74, 6) is 0.708. The molecule has 0 radical (unpaired) electrons. The van der Waals surface area contributed by atoms with Crippen LogP contribution in [0.1, 0.15) is 41.4 Å². The molecule has 1 aliphatic rings. The highest BCUT2D eigenvalue weighted by Crippen LogP contribution is 2.28. The molecule has 2 aromatic heterocycles. The Morgan fingerprint density at radius 2 is 1.74 bits per heavy atom. The van der Waals surface area contributed by atoms with E-state index in [0.29, 0.717) is 31.4 Å². The maximum absolute atomic E-state index is 13.0. The fourth-order valence-corrected chi connectivity index (χ4v) is 3.95. The van der Waals surface area contributed by atoms with Crippen LogP contribution in [0.2, 0.25) is 0 Å². The Balaban J connectivity index is 1.31. The van der Waals surface area contributed by atoms with Crippen LogP contribution in [0.3, 0.4) is 0 Å². The third kappa shape index (κ3) is 5.42. The number of carbonyl (C=O) groups excluding carboxylic acids is 1. The molecule has 4 rings (SSSR count). The molecule has 0 bridgehead atoms. The summed E-state index contributed by atoms with van der Waals surface area (Å²) < 4.78 is 13.0. The van der Waals surface area contributed by atoms with Gasteiger partial charge < -0.3 is 10.2 Å². The number of carbonyl (C=O) groups is 1. The van der Waals surface area contributed by atoms with E-state index in [-0.39, 0.29) is 11.7 Å². The monoisotopic (exact) mass is 419 g/mol. The van der Waals surface area contributed by atoms with Crippen molar-refractivity contribution < 1.29 is 9.18 Å². The van der Waals surface area contributed by atoms with Gasteiger partial charge in [-0.2, -0.15) is 0 Å². The molecular weight excluding hydrogens is 393 g/mol. The number of pyridine rings is 1. The number of piperidine rings is 1. The third-order valence-corrected chi connectivity index (χ3v) is 5.56. The number of aryl methyl sites for hydroxylation is 2. The van der Waals surface area contributed by atoms with Gasteiger partial charge in [0.2, 0.25) is 11.9 Å². The van der Waals surface area contributed by atoms with Gasteiger partial charge in [0.1, 0.15) is 5.82 Å². The zero-order valence-electron chi connectivity index (χ0n) is 17.8. The Hall–Kier alpha value is -3.35. The number of likely N-dealkylation sites (tertiary alicyclic amines) is 1. The smallest absolute Gasteiger partial charge is 0.227 e. The molecule has 1 N–H and O–H groups in total. The van der Waals surface area contributed by atoms with Crippen LogP contribution in [-0.2, 0) is 11.2 Å². The van der Waals surface area contributed by atoms with E-state index < -0.39 is 0 Å². The van der Waals surface area contributed by atoms with Crippen LogP contribution in [0.5, 0.6) is 0 Å². The molecule has 6 nitrogen and oxygen atoms in total. The average Bonchev–Trinajstić information content (AvgIpc) is 2.75. The molecule has 7 heteroatoms. The normalized spacial score (nSPS) is 14.5. The lowest BCUT2D eigenvalue weighted by Gasteiger charge is -2.32. The summed E-state index contributed by atoms with van der Waals surface area (Å²) in [6.45, 7) is 5.31. The summed E-state index contributed by atoms with van der Waals surface area (Å²) >= 11 is 0. The summed E-state index contributed by atoms with van der Waals surface area (Å²) in [6.07, 6.45) is 3.89. The number of halogens is 1. The van der Waals surface area contributed by atoms with Crippen LogP contribution >= 0.6 is 0 Å². The van der Waals surface area contributed by atoms with E-state index in [4.69, 9.17) is 0 Å². The molecule has 0 unspecified atom stereocenters. The Morgan fingerprint density at radius 1 is 1.06 bits per heavy atom. The fraction of sp³-hybridized carbons (Fsp3) is 0.333. The van der Waals surface area contributed by atoms with Crippen LogP contribution in [0.15, 0.2) is 48.7 Å². The number of hydrogen-bond acceptors (Lipinski definition) is 5. The molecule has 3 heterocycles. The summed E-state index contributed by atoms with van der Waals surface area (Å²) in [5, 5.41) is 3.20. The number of nitrogens with zero attached hydrogens (tertiary/aromatic N) is 4. The van der Waals surface area contributed by atoms with Gasteiger partial charge in [-0.05, 0) is 62.6 Å². The first-order valence-electron chi connectivity index (χ1n) is 10.5. The fourth-order valence-electron chi connectivity index (χ4n) is 3.95. The Bertz CT molecular complexity index is 1020. The maximum Gasteiger partial charge on any atom is 0.227 e. The number of nitrogens with one attached hydrogen (secondary N) is 1. The van der Waals surface area contributed by atoms with E-state index in [1.165, 1.54) is 12.1 Å². The molecule has 1 fully saturated rings. The van der Waals surface area contributed by atoms with Crippen molar-refractivity contribution in [3.8, 4) is 0 Å². The van der Waals surface area contributed by atoms with E-state index in [1.54, 1.807) is 12.1 Å². The molecule has 3 aromatic rings. The first-order chi connectivity index (χ1) is 15.0. The molecule has 1 amide bonds. The number of amides is 1. The highest BCUT2D eigenvalue weighted by Gasteiger charge is 2.24. The summed E-state index contributed by atoms with van der Waals surface area (Å²) in [5.41, 5.74) is 4.56. The molecule has 0 spiro atoms. The van der Waals surface area contributed by atoms with Crippen LogP contribution in [0.4, 0.5) is 16.0 Å². The van der Waals surface area contributed by atoms with Crippen LogP contribution < -0.4 is 5.32 Å². The zero-order chi connectivity index (χ0) is 21.8. The second-order valence-electron chi connectivity index (χ2n) is 8.03. The van der Waals surface area contributed by atoms with E-state index in [2.05, 4.69) is 20.3 Å². The number of rotatable bonds is 5. The Kier molecular flexibility index (Phi) is 6.21. The van der Waals surface area contributed by atoms with Crippen molar-refractivity contribution in [2.45, 2.75) is 39.0 Å². The molecule has 0 saturated carbocycles. The predicted molar refractivity (Wildman–Crippen MR) is 118 cm³/mol. The number of benzene rings is 1. The molecule has 1 aliphatic heterocycles. The van der Waals surface area contributed by atoms with Crippen molar-refractivity contribution >= 4 is 17.5 Å². The van der Waals surface area contributed by atoms with Crippen LogP contribution in [0, 0.1) is 19.7 Å². The standard InChI is InChI=1S/C24H26FN5O/c1-16-13-17(2)28-24(27-16)29-21-7-8-22(26-15-21)19-9-11-30(12-10-19)23(31)14-18-3-5-20(25)6-4-18/h3-8,13,15,19H,9-12,14H2,1-2H3,(H,27,28,29). The lowest BCUT2D eigenvalue weighted by molar-refractivity contribution is -0.131. The SMILES string of the molecule is Cc1cc(C)nc(Nc2ccc(C3CCN(C(=O)Cc4ccc(F)cc4)CC3)nc2)n1. The molecule has 0 atom stereocenters. The number of anilines is 2. The zero-order valence-corrected chi connectivity index (χ0v) is 17.8. The van der Waals surface area contributed by atoms with Gasteiger partial charge in [0.15, 0.2) is 0 Å². The van der Waals surface area contributed by atoms with Gasteiger partial charge in [-0.3, -0.25) is 9.78 Å². The molecule has 0 aliphatic carbocycles. The molecular formula is C24H26FN5O. The Morgan fingerprint density at radius 3 is 2.35 bits per heavy atom. The van der Waals surface area contributed by atoms with Crippen molar-refractivity contribution in [3.63, 3.8) is 0 Å². The average molecular weight is 420 g/mol. The van der Waals surface area contributed by atoms with Crippen molar-refractivity contribution in [3.05, 3.63) is 77.1 Å². The van der Waals surface area contributed by atoms with E-state index in [9.17, 15) is 9.18 Å². The van der Waals surface area contributed by atoms with Gasteiger partial charge in [-0.1, -0.05) is 12.1 Å². The number of aromatic nitrogens is 3. The second-order valence-corrected chi connectivity index (χ2v) is 8.03. The van der Waals surface area contributed by atoms with Gasteiger partial charge in [0.25, 0.3) is 0 Å². The molecule has 31 heavy (non-hydrogen) atoms. The van der Waals surface area contributed by atoms with Gasteiger partial charge in [0.05, 0.1) is 18.3 Å². The quantitative estimate of drug-likeness (QED) is 0.667. The van der Waals surface area contributed by atoms with Crippen molar-refractivity contribution in [1.82, 2.24) is 19.9 Å². The summed E-state index contributed by atoms with van der Waals surface area (Å²) in [6, 6.07) is 12.1. The maximum atomic E-state index is 13.0. The lowest BCUT2D eigenvalue weighted by atomic mass is 9.92. The topological polar surface area (TPSA) is 71.0 Å². The highest BCUT2D eigenvalue weighted by atomic mass is 19.1. The molecule has 1 aromatic carbocycles. The van der Waals surface area contributed by atoms with Crippen molar-refractivity contribution in [2.75, 3.05) is 18.4 Å². The minimum absolute atomic E-state index is 0.0889. The van der Waals surface area contributed by atoms with E-state index in [1.807, 2.05) is 43.1 Å². The third-order valence-electron chi connectivity index (χ3n) is 5.56. The highest BCUT2D eigenvalue weighted by molar-refractivity contribution is 5.78. The Labute approximate surface area is 181 Å². The van der Waals surface area contributed by atoms with Gasteiger partial charge >= 0.3 is 0 Å². The van der Waals surface area contributed by atoms with Gasteiger partial charge in [-0.25, -0.2) is 14.4 Å². The van der Waals surface area contributed by atoms with Crippen LogP contribution in [0.25, 0.3) is 0 Å². The lowest BCUT2D eigenvalue weighted by Crippen LogP contribution is -2.38. The van der Waals surface area contributed by atoms with E-state index >= 15 is 0 Å². The van der Waals surface area contributed by atoms with Gasteiger partial charge in [0, 0.05) is 36.1 Å². The summed E-state index contributed by atoms with van der Waals surface area (Å²) in [7, 11) is 0. The summed E-state index contributed by atoms with van der Waals surface area (Å²) in [4.78, 5) is 27.9. The predicted octanol–water partition coefficient (Wildman–Crippen LogP) is 4.32. The number of hydrogen-bond donors (Lipinski definition) is 1. The largest absolute Gasteiger partial charge is 0.342 e. The van der Waals surface area contributed by atoms with Crippen molar-refractivity contribution in [2.24, 2.45) is 0 Å². The first kappa shape index (κ1) is 20.9. The molecule has 160 valence electrons. The van der Waals surface area contributed by atoms with E-state index in [0.717, 1.165) is 41.2 Å².